The van der Waals surface area contributed by atoms with Crippen LogP contribution in [0.15, 0.2) is 42.5 Å². The summed E-state index contributed by atoms with van der Waals surface area (Å²) in [4.78, 5) is 26.9. The fourth-order valence-electron chi connectivity index (χ4n) is 2.99. The number of benzene rings is 2. The lowest BCUT2D eigenvalue weighted by Gasteiger charge is -2.27. The zero-order chi connectivity index (χ0) is 21.5. The lowest BCUT2D eigenvalue weighted by molar-refractivity contribution is 0.0303. The minimum atomic E-state index is -0.394. The molecule has 30 heavy (non-hydrogen) atoms. The predicted octanol–water partition coefficient (Wildman–Crippen LogP) is 2.30. The SMILES string of the molecule is COc1ccc(C(=O)NC(=S)Nc2cccc(C(=O)N3CCOCC3)c2)cc1OC. The van der Waals surface area contributed by atoms with Gasteiger partial charge in [0.25, 0.3) is 11.8 Å². The van der Waals surface area contributed by atoms with Crippen molar-refractivity contribution in [3.8, 4) is 11.5 Å². The summed E-state index contributed by atoms with van der Waals surface area (Å²) in [5, 5.41) is 5.68. The van der Waals surface area contributed by atoms with Crippen molar-refractivity contribution in [1.29, 1.82) is 0 Å². The molecular formula is C21H23N3O5S. The summed E-state index contributed by atoms with van der Waals surface area (Å²) in [7, 11) is 3.02. The van der Waals surface area contributed by atoms with E-state index in [0.29, 0.717) is 54.6 Å². The molecule has 3 rings (SSSR count). The quantitative estimate of drug-likeness (QED) is 0.705. The fourth-order valence-corrected chi connectivity index (χ4v) is 3.20. The van der Waals surface area contributed by atoms with Gasteiger partial charge in [-0.1, -0.05) is 6.07 Å². The lowest BCUT2D eigenvalue weighted by Crippen LogP contribution is -2.40. The first kappa shape index (κ1) is 21.5. The Labute approximate surface area is 180 Å². The highest BCUT2D eigenvalue weighted by Crippen LogP contribution is 2.27. The minimum absolute atomic E-state index is 0.0674. The van der Waals surface area contributed by atoms with Crippen LogP contribution in [-0.2, 0) is 4.74 Å². The van der Waals surface area contributed by atoms with Gasteiger partial charge in [0.2, 0.25) is 0 Å². The predicted molar refractivity (Wildman–Crippen MR) is 116 cm³/mol. The maximum absolute atomic E-state index is 12.6. The molecule has 0 aromatic heterocycles. The molecule has 2 aromatic rings. The van der Waals surface area contributed by atoms with Gasteiger partial charge in [-0.25, -0.2) is 0 Å². The molecular weight excluding hydrogens is 406 g/mol. The second kappa shape index (κ2) is 10.0. The molecule has 2 N–H and O–H groups in total. The van der Waals surface area contributed by atoms with Gasteiger partial charge in [-0.15, -0.1) is 0 Å². The number of amides is 2. The summed E-state index contributed by atoms with van der Waals surface area (Å²) >= 11 is 5.25. The van der Waals surface area contributed by atoms with Gasteiger partial charge in [0.15, 0.2) is 16.6 Å². The summed E-state index contributed by atoms with van der Waals surface area (Å²) in [6.07, 6.45) is 0. The van der Waals surface area contributed by atoms with Crippen LogP contribution < -0.4 is 20.1 Å². The number of carbonyl (C=O) groups is 2. The largest absolute Gasteiger partial charge is 0.493 e. The van der Waals surface area contributed by atoms with E-state index < -0.39 is 5.91 Å². The van der Waals surface area contributed by atoms with Crippen molar-refractivity contribution in [1.82, 2.24) is 10.2 Å². The van der Waals surface area contributed by atoms with Crippen molar-refractivity contribution in [2.24, 2.45) is 0 Å². The van der Waals surface area contributed by atoms with E-state index in [1.54, 1.807) is 47.4 Å². The zero-order valence-corrected chi connectivity index (χ0v) is 17.6. The van der Waals surface area contributed by atoms with Gasteiger partial charge in [-0.3, -0.25) is 14.9 Å². The van der Waals surface area contributed by atoms with Gasteiger partial charge >= 0.3 is 0 Å². The number of hydrogen-bond acceptors (Lipinski definition) is 6. The number of thiocarbonyl (C=S) groups is 1. The van der Waals surface area contributed by atoms with E-state index in [0.717, 1.165) is 0 Å². The normalized spacial score (nSPS) is 13.3. The number of carbonyl (C=O) groups excluding carboxylic acids is 2. The molecule has 0 bridgehead atoms. The first-order chi connectivity index (χ1) is 14.5. The Morgan fingerprint density at radius 3 is 2.43 bits per heavy atom. The van der Waals surface area contributed by atoms with Crippen LogP contribution in [0.3, 0.4) is 0 Å². The molecule has 158 valence electrons. The maximum Gasteiger partial charge on any atom is 0.257 e. The van der Waals surface area contributed by atoms with Crippen LogP contribution in [-0.4, -0.2) is 62.3 Å². The Balaban J connectivity index is 1.63. The molecule has 9 heteroatoms. The Morgan fingerprint density at radius 2 is 1.73 bits per heavy atom. The topological polar surface area (TPSA) is 89.1 Å². The highest BCUT2D eigenvalue weighted by molar-refractivity contribution is 7.80. The van der Waals surface area contributed by atoms with E-state index in [4.69, 9.17) is 26.4 Å². The van der Waals surface area contributed by atoms with E-state index >= 15 is 0 Å². The molecule has 1 fully saturated rings. The molecule has 2 aromatic carbocycles. The summed E-state index contributed by atoms with van der Waals surface area (Å²) in [5.74, 6) is 0.506. The van der Waals surface area contributed by atoms with Gasteiger partial charge in [-0.05, 0) is 48.6 Å². The van der Waals surface area contributed by atoms with Crippen LogP contribution in [0.25, 0.3) is 0 Å². The smallest absolute Gasteiger partial charge is 0.257 e. The molecule has 0 unspecified atom stereocenters. The number of nitrogens with one attached hydrogen (secondary N) is 2. The number of hydrogen-bond donors (Lipinski definition) is 2. The van der Waals surface area contributed by atoms with E-state index in [2.05, 4.69) is 10.6 Å². The van der Waals surface area contributed by atoms with Crippen LogP contribution in [0.4, 0.5) is 5.69 Å². The molecule has 1 heterocycles. The molecule has 2 amide bonds. The molecule has 1 aliphatic rings. The van der Waals surface area contributed by atoms with E-state index in [-0.39, 0.29) is 11.0 Å². The highest BCUT2D eigenvalue weighted by Gasteiger charge is 2.19. The molecule has 0 atom stereocenters. The molecule has 0 aliphatic carbocycles. The average molecular weight is 429 g/mol. The summed E-state index contributed by atoms with van der Waals surface area (Å²) in [6, 6.07) is 11.8. The Kier molecular flexibility index (Phi) is 7.21. The standard InChI is InChI=1S/C21H23N3O5S/c1-27-17-7-6-14(13-18(17)28-2)19(25)23-21(30)22-16-5-3-4-15(12-16)20(26)24-8-10-29-11-9-24/h3-7,12-13H,8-11H2,1-2H3,(H2,22,23,25,30). The molecule has 1 aliphatic heterocycles. The van der Waals surface area contributed by atoms with Crippen molar-refractivity contribution in [2.75, 3.05) is 45.8 Å². The van der Waals surface area contributed by atoms with Crippen LogP contribution in [0.1, 0.15) is 20.7 Å². The van der Waals surface area contributed by atoms with Crippen molar-refractivity contribution in [3.63, 3.8) is 0 Å². The summed E-state index contributed by atoms with van der Waals surface area (Å²) in [5.41, 5.74) is 1.51. The van der Waals surface area contributed by atoms with Gasteiger partial charge in [0.1, 0.15) is 0 Å². The number of ether oxygens (including phenoxy) is 3. The number of methoxy groups -OCH3 is 2. The number of rotatable bonds is 5. The maximum atomic E-state index is 12.6. The first-order valence-corrected chi connectivity index (χ1v) is 9.74. The Hall–Kier alpha value is -3.17. The molecule has 1 saturated heterocycles. The van der Waals surface area contributed by atoms with Crippen LogP contribution in [0.5, 0.6) is 11.5 Å². The van der Waals surface area contributed by atoms with Crippen molar-refractivity contribution >= 4 is 34.8 Å². The molecule has 0 saturated carbocycles. The zero-order valence-electron chi connectivity index (χ0n) is 16.8. The molecule has 0 radical (unpaired) electrons. The van der Waals surface area contributed by atoms with Crippen LogP contribution >= 0.6 is 12.2 Å². The molecule has 0 spiro atoms. The van der Waals surface area contributed by atoms with E-state index in [1.165, 1.54) is 14.2 Å². The fraction of sp³-hybridized carbons (Fsp3) is 0.286. The average Bonchev–Trinajstić information content (AvgIpc) is 2.78. The number of anilines is 1. The van der Waals surface area contributed by atoms with Gasteiger partial charge in [-0.2, -0.15) is 0 Å². The van der Waals surface area contributed by atoms with Gasteiger partial charge in [0.05, 0.1) is 27.4 Å². The highest BCUT2D eigenvalue weighted by atomic mass is 32.1. The van der Waals surface area contributed by atoms with Crippen LogP contribution in [0, 0.1) is 0 Å². The third-order valence-electron chi connectivity index (χ3n) is 4.54. The van der Waals surface area contributed by atoms with Crippen LogP contribution in [0.2, 0.25) is 0 Å². The third-order valence-corrected chi connectivity index (χ3v) is 4.74. The number of morpholine rings is 1. The van der Waals surface area contributed by atoms with Crippen molar-refractivity contribution in [2.45, 2.75) is 0 Å². The summed E-state index contributed by atoms with van der Waals surface area (Å²) in [6.45, 7) is 2.21. The van der Waals surface area contributed by atoms with Gasteiger partial charge < -0.3 is 24.4 Å². The Morgan fingerprint density at radius 1 is 1.00 bits per heavy atom. The minimum Gasteiger partial charge on any atom is -0.493 e. The second-order valence-electron chi connectivity index (χ2n) is 6.46. The lowest BCUT2D eigenvalue weighted by atomic mass is 10.1. The van der Waals surface area contributed by atoms with Crippen molar-refractivity contribution in [3.05, 3.63) is 53.6 Å². The van der Waals surface area contributed by atoms with E-state index in [1.807, 2.05) is 0 Å². The second-order valence-corrected chi connectivity index (χ2v) is 6.87. The Bertz CT molecular complexity index is 944. The van der Waals surface area contributed by atoms with Crippen molar-refractivity contribution < 1.29 is 23.8 Å². The van der Waals surface area contributed by atoms with E-state index in [9.17, 15) is 9.59 Å². The van der Waals surface area contributed by atoms with Gasteiger partial charge in [0, 0.05) is 29.9 Å². The number of nitrogens with zero attached hydrogens (tertiary/aromatic N) is 1. The third kappa shape index (κ3) is 5.25. The first-order valence-electron chi connectivity index (χ1n) is 9.33. The molecule has 8 nitrogen and oxygen atoms in total. The summed E-state index contributed by atoms with van der Waals surface area (Å²) < 4.78 is 15.7. The monoisotopic (exact) mass is 429 g/mol.